The number of sulfonamides is 2. The number of hydrogen-bond acceptors (Lipinski definition) is 8. The molecule has 0 saturated carbocycles. The Bertz CT molecular complexity index is 2130. The monoisotopic (exact) mass is 860 g/mol. The molecule has 12 nitrogen and oxygen atoms in total. The third-order valence-corrected chi connectivity index (χ3v) is 11.7. The quantitative estimate of drug-likeness (QED) is 0.0783. The van der Waals surface area contributed by atoms with E-state index >= 15 is 0 Å². The Hall–Kier alpha value is -5.56. The van der Waals surface area contributed by atoms with Gasteiger partial charge in [0.15, 0.2) is 0 Å². The van der Waals surface area contributed by atoms with Gasteiger partial charge in [-0.1, -0.05) is 12.2 Å². The lowest BCUT2D eigenvalue weighted by Gasteiger charge is -2.28. The van der Waals surface area contributed by atoms with Crippen LogP contribution >= 0.6 is 0 Å². The number of carbonyl (C=O) groups excluding carboxylic acids is 2. The largest absolute Gasteiger partial charge is 0.497 e. The van der Waals surface area contributed by atoms with E-state index in [1.165, 1.54) is 36.2 Å². The number of carbonyl (C=O) groups is 2. The molecule has 0 aliphatic rings. The van der Waals surface area contributed by atoms with Gasteiger partial charge in [-0.05, 0) is 103 Å². The normalized spacial score (nSPS) is 12.6. The Morgan fingerprint density at radius 2 is 0.932 bits per heavy atom. The van der Waals surface area contributed by atoms with Crippen LogP contribution < -0.4 is 28.7 Å². The molecule has 0 radical (unpaired) electrons. The maximum Gasteiger partial charge on any atom is 0.245 e. The first-order valence-corrected chi connectivity index (χ1v) is 21.3. The van der Waals surface area contributed by atoms with Crippen LogP contribution in [0.4, 0.5) is 28.9 Å². The number of hydrogen-bond donors (Lipinski definition) is 2. The molecule has 18 heteroatoms. The van der Waals surface area contributed by atoms with E-state index in [1.54, 1.807) is 48.5 Å². The van der Waals surface area contributed by atoms with Crippen molar-refractivity contribution in [2.24, 2.45) is 0 Å². The predicted molar refractivity (Wildman–Crippen MR) is 217 cm³/mol. The highest BCUT2D eigenvalue weighted by Crippen LogP contribution is 2.23. The first kappa shape index (κ1) is 46.1. The zero-order chi connectivity index (χ0) is 43.3. The van der Waals surface area contributed by atoms with Crippen LogP contribution in [-0.4, -0.2) is 79.5 Å². The standard InChI is InChI=1S/C41H44F4N4O8S2/c1-5-16-48(34-8-12-36(56-3)13-9-34)40(50)38(24-28-20-30(42)26-31(43)21-28)46-58(52,53)18-7-19-59(54,55)47-39(25-29-22-32(44)27-33(45)23-29)41(51)49(17-6-2)35-10-14-37(57-4)15-11-35/h5-6,8-15,20-23,26-27,38-39,46-47H,1-2,7,16-19,24-25H2,3-4H3/t38-,39-/m0/s1. The fourth-order valence-corrected chi connectivity index (χ4v) is 8.78. The summed E-state index contributed by atoms with van der Waals surface area (Å²) in [6.07, 6.45) is 1.25. The van der Waals surface area contributed by atoms with Gasteiger partial charge in [0.2, 0.25) is 31.9 Å². The number of methoxy groups -OCH3 is 2. The smallest absolute Gasteiger partial charge is 0.245 e. The van der Waals surface area contributed by atoms with Crippen molar-refractivity contribution >= 4 is 43.2 Å². The van der Waals surface area contributed by atoms with Gasteiger partial charge in [-0.3, -0.25) is 9.59 Å². The second-order valence-corrected chi connectivity index (χ2v) is 16.9. The molecule has 0 aliphatic heterocycles. The molecule has 0 fully saturated rings. The Morgan fingerprint density at radius 1 is 0.610 bits per heavy atom. The van der Waals surface area contributed by atoms with Crippen LogP contribution in [0.2, 0.25) is 0 Å². The lowest BCUT2D eigenvalue weighted by Crippen LogP contribution is -2.51. The van der Waals surface area contributed by atoms with Crippen molar-refractivity contribution in [3.63, 3.8) is 0 Å². The average molecular weight is 861 g/mol. The van der Waals surface area contributed by atoms with Crippen molar-refractivity contribution in [2.45, 2.75) is 31.3 Å². The SMILES string of the molecule is C=CCN(C(=O)[C@H](Cc1cc(F)cc(F)c1)NS(=O)(=O)CCCS(=O)(=O)N[C@@H](Cc1cc(F)cc(F)c1)C(=O)N(CC=C)c1ccc(OC)cc1)c1ccc(OC)cc1. The summed E-state index contributed by atoms with van der Waals surface area (Å²) in [5, 5.41) is 0. The maximum atomic E-state index is 14.2. The molecule has 0 saturated heterocycles. The zero-order valence-electron chi connectivity index (χ0n) is 32.2. The second-order valence-electron chi connectivity index (χ2n) is 13.2. The molecule has 4 aromatic carbocycles. The molecule has 59 heavy (non-hydrogen) atoms. The van der Waals surface area contributed by atoms with E-state index < -0.39 is 98.0 Å². The fraction of sp³-hybridized carbons (Fsp3) is 0.268. The van der Waals surface area contributed by atoms with Gasteiger partial charge in [-0.15, -0.1) is 13.2 Å². The summed E-state index contributed by atoms with van der Waals surface area (Å²) < 4.78 is 126. The average Bonchev–Trinajstić information content (AvgIpc) is 3.17. The summed E-state index contributed by atoms with van der Waals surface area (Å²) in [5.74, 6) is -6.20. The fourth-order valence-electron chi connectivity index (χ4n) is 6.08. The summed E-state index contributed by atoms with van der Waals surface area (Å²) in [5.41, 5.74) is 0.563. The number of nitrogens with one attached hydrogen (secondary N) is 2. The minimum Gasteiger partial charge on any atom is -0.497 e. The minimum absolute atomic E-state index is 0.0439. The van der Waals surface area contributed by atoms with Crippen LogP contribution in [0.25, 0.3) is 0 Å². The van der Waals surface area contributed by atoms with Gasteiger partial charge in [0, 0.05) is 36.6 Å². The van der Waals surface area contributed by atoms with Gasteiger partial charge in [-0.25, -0.2) is 43.8 Å². The van der Waals surface area contributed by atoms with Gasteiger partial charge in [0.25, 0.3) is 0 Å². The van der Waals surface area contributed by atoms with E-state index in [4.69, 9.17) is 9.47 Å². The number of nitrogens with zero attached hydrogens (tertiary/aromatic N) is 2. The van der Waals surface area contributed by atoms with Gasteiger partial charge in [-0.2, -0.15) is 0 Å². The number of anilines is 2. The van der Waals surface area contributed by atoms with Crippen molar-refractivity contribution in [3.05, 3.63) is 145 Å². The van der Waals surface area contributed by atoms with Gasteiger partial charge in [0.1, 0.15) is 46.9 Å². The van der Waals surface area contributed by atoms with E-state index in [0.29, 0.717) is 35.0 Å². The molecule has 4 aromatic rings. The van der Waals surface area contributed by atoms with E-state index in [2.05, 4.69) is 22.6 Å². The topological polar surface area (TPSA) is 151 Å². The molecule has 4 rings (SSSR count). The highest BCUT2D eigenvalue weighted by atomic mass is 32.2. The molecule has 0 unspecified atom stereocenters. The lowest BCUT2D eigenvalue weighted by molar-refractivity contribution is -0.120. The summed E-state index contributed by atoms with van der Waals surface area (Å²) in [4.78, 5) is 30.4. The lowest BCUT2D eigenvalue weighted by atomic mass is 10.0. The van der Waals surface area contributed by atoms with Crippen LogP contribution in [-0.2, 0) is 42.5 Å². The molecular weight excluding hydrogens is 817 g/mol. The van der Waals surface area contributed by atoms with Gasteiger partial charge in [0.05, 0.1) is 25.7 Å². The first-order chi connectivity index (χ1) is 28.0. The Morgan fingerprint density at radius 3 is 1.22 bits per heavy atom. The van der Waals surface area contributed by atoms with Gasteiger partial charge < -0.3 is 19.3 Å². The van der Waals surface area contributed by atoms with Gasteiger partial charge >= 0.3 is 0 Å². The van der Waals surface area contributed by atoms with Crippen molar-refractivity contribution in [1.29, 1.82) is 0 Å². The molecule has 2 atom stereocenters. The molecule has 0 aliphatic carbocycles. The third kappa shape index (κ3) is 13.8. The van der Waals surface area contributed by atoms with Crippen LogP contribution in [0.3, 0.4) is 0 Å². The minimum atomic E-state index is -4.50. The highest BCUT2D eigenvalue weighted by Gasteiger charge is 2.32. The Kier molecular flexibility index (Phi) is 16.4. The van der Waals surface area contributed by atoms with Crippen LogP contribution in [0.15, 0.2) is 110 Å². The van der Waals surface area contributed by atoms with Crippen molar-refractivity contribution in [1.82, 2.24) is 9.44 Å². The Labute approximate surface area is 341 Å². The molecule has 2 N–H and O–H groups in total. The van der Waals surface area contributed by atoms with Crippen molar-refractivity contribution in [3.8, 4) is 11.5 Å². The van der Waals surface area contributed by atoms with Crippen molar-refractivity contribution < 1.29 is 53.5 Å². The van der Waals surface area contributed by atoms with E-state index in [-0.39, 0.29) is 24.2 Å². The third-order valence-electron chi connectivity index (χ3n) is 8.71. The van der Waals surface area contributed by atoms with Crippen LogP contribution in [0.1, 0.15) is 17.5 Å². The van der Waals surface area contributed by atoms with Crippen molar-refractivity contribution in [2.75, 3.05) is 48.6 Å². The second kappa shape index (κ2) is 20.9. The summed E-state index contributed by atoms with van der Waals surface area (Å²) in [6.45, 7) is 7.15. The van der Waals surface area contributed by atoms with E-state index in [0.717, 1.165) is 24.3 Å². The molecule has 0 spiro atoms. The number of amides is 2. The van der Waals surface area contributed by atoms with E-state index in [1.807, 2.05) is 0 Å². The maximum absolute atomic E-state index is 14.2. The Balaban J connectivity index is 1.57. The van der Waals surface area contributed by atoms with Crippen LogP contribution in [0.5, 0.6) is 11.5 Å². The highest BCUT2D eigenvalue weighted by molar-refractivity contribution is 7.90. The molecule has 0 aromatic heterocycles. The molecular formula is C41H44F4N4O8S2. The summed E-state index contributed by atoms with van der Waals surface area (Å²) >= 11 is 0. The van der Waals surface area contributed by atoms with E-state index in [9.17, 15) is 44.0 Å². The summed E-state index contributed by atoms with van der Waals surface area (Å²) in [7, 11) is -6.11. The number of rotatable bonds is 22. The number of halogens is 4. The first-order valence-electron chi connectivity index (χ1n) is 18.0. The number of benzene rings is 4. The predicted octanol–water partition coefficient (Wildman–Crippen LogP) is 5.45. The summed E-state index contributed by atoms with van der Waals surface area (Å²) in [6, 6.07) is 14.2. The molecule has 0 heterocycles. The molecule has 2 amide bonds. The zero-order valence-corrected chi connectivity index (χ0v) is 33.9. The molecule has 0 bridgehead atoms. The molecule has 316 valence electrons. The van der Waals surface area contributed by atoms with Crippen LogP contribution in [0, 0.1) is 23.3 Å². The number of ether oxygens (including phenoxy) is 2.